The first-order valence-corrected chi connectivity index (χ1v) is 10.5. The molecule has 1 saturated heterocycles. The van der Waals surface area contributed by atoms with E-state index in [-0.39, 0.29) is 18.9 Å². The lowest BCUT2D eigenvalue weighted by atomic mass is 10.1. The number of nitrogens with two attached hydrogens (primary N) is 1. The number of hydrogen-bond acceptors (Lipinski definition) is 7. The highest BCUT2D eigenvalue weighted by Crippen LogP contribution is 2.31. The van der Waals surface area contributed by atoms with Crippen molar-refractivity contribution in [3.8, 4) is 0 Å². The number of hydrogen-bond donors (Lipinski definition) is 1. The minimum absolute atomic E-state index is 0.0979. The SMILES string of the molecule is NS(=O)(=O)OC[C@@H]1CC[C@H](n2cnc3c(CCc4ccccc4)ncnc32)O1. The predicted octanol–water partition coefficient (Wildman–Crippen LogP) is 1.51. The van der Waals surface area contributed by atoms with Gasteiger partial charge in [0.15, 0.2) is 5.65 Å². The van der Waals surface area contributed by atoms with Crippen LogP contribution in [0.1, 0.15) is 30.3 Å². The fourth-order valence-electron chi connectivity index (χ4n) is 3.39. The molecule has 0 radical (unpaired) electrons. The number of nitrogens with zero attached hydrogens (tertiary/aromatic N) is 4. The summed E-state index contributed by atoms with van der Waals surface area (Å²) in [7, 11) is -3.97. The number of aryl methyl sites for hydroxylation is 2. The summed E-state index contributed by atoms with van der Waals surface area (Å²) >= 11 is 0. The van der Waals surface area contributed by atoms with Gasteiger partial charge in [-0.15, -0.1) is 0 Å². The molecule has 3 heterocycles. The van der Waals surface area contributed by atoms with Crippen molar-refractivity contribution >= 4 is 21.5 Å². The molecule has 1 aliphatic heterocycles. The van der Waals surface area contributed by atoms with Crippen molar-refractivity contribution in [2.24, 2.45) is 5.14 Å². The molecule has 3 aromatic rings. The standard InChI is InChI=1S/C18H21N5O4S/c19-28(24,25)26-10-14-7-9-16(27-14)23-12-22-17-15(20-11-21-18(17)23)8-6-13-4-2-1-3-5-13/h1-5,11-12,14,16H,6-10H2,(H2,19,24,25)/t14-,16+/m0/s1. The van der Waals surface area contributed by atoms with E-state index in [1.165, 1.54) is 11.9 Å². The van der Waals surface area contributed by atoms with Crippen LogP contribution in [0, 0.1) is 0 Å². The number of aromatic nitrogens is 4. The van der Waals surface area contributed by atoms with Gasteiger partial charge in [-0.3, -0.25) is 8.75 Å². The van der Waals surface area contributed by atoms with Gasteiger partial charge < -0.3 is 4.74 Å². The summed E-state index contributed by atoms with van der Waals surface area (Å²) in [6.45, 7) is -0.0979. The molecule has 0 amide bonds. The molecule has 148 valence electrons. The Morgan fingerprint density at radius 3 is 2.75 bits per heavy atom. The van der Waals surface area contributed by atoms with Crippen molar-refractivity contribution < 1.29 is 17.3 Å². The summed E-state index contributed by atoms with van der Waals surface area (Å²) in [5.74, 6) is 0. The molecule has 4 rings (SSSR count). The van der Waals surface area contributed by atoms with E-state index in [1.807, 2.05) is 22.8 Å². The van der Waals surface area contributed by atoms with Gasteiger partial charge in [0, 0.05) is 0 Å². The molecule has 1 aliphatic rings. The highest BCUT2D eigenvalue weighted by Gasteiger charge is 2.29. The van der Waals surface area contributed by atoms with E-state index >= 15 is 0 Å². The van der Waals surface area contributed by atoms with Crippen molar-refractivity contribution in [2.75, 3.05) is 6.61 Å². The van der Waals surface area contributed by atoms with Crippen LogP contribution in [0.5, 0.6) is 0 Å². The van der Waals surface area contributed by atoms with Crippen molar-refractivity contribution in [1.29, 1.82) is 0 Å². The van der Waals surface area contributed by atoms with Crippen molar-refractivity contribution in [3.63, 3.8) is 0 Å². The summed E-state index contributed by atoms with van der Waals surface area (Å²) < 4.78 is 34.3. The zero-order chi connectivity index (χ0) is 19.6. The fourth-order valence-corrected chi connectivity index (χ4v) is 3.73. The van der Waals surface area contributed by atoms with Crippen LogP contribution in [0.25, 0.3) is 11.2 Å². The lowest BCUT2D eigenvalue weighted by Crippen LogP contribution is -2.23. The van der Waals surface area contributed by atoms with Crippen LogP contribution in [-0.2, 0) is 32.1 Å². The fraction of sp³-hybridized carbons (Fsp3) is 0.389. The third-order valence-corrected chi connectivity index (χ3v) is 5.21. The first-order chi connectivity index (χ1) is 13.5. The average molecular weight is 403 g/mol. The van der Waals surface area contributed by atoms with Gasteiger partial charge in [0.2, 0.25) is 0 Å². The molecule has 2 N–H and O–H groups in total. The lowest BCUT2D eigenvalue weighted by molar-refractivity contribution is -0.0149. The molecule has 28 heavy (non-hydrogen) atoms. The van der Waals surface area contributed by atoms with Gasteiger partial charge in [0.05, 0.1) is 24.7 Å². The van der Waals surface area contributed by atoms with Gasteiger partial charge in [-0.25, -0.2) is 20.1 Å². The normalized spacial score (nSPS) is 20.0. The Labute approximate surface area is 162 Å². The van der Waals surface area contributed by atoms with Crippen LogP contribution in [0.2, 0.25) is 0 Å². The summed E-state index contributed by atoms with van der Waals surface area (Å²) in [6.07, 6.45) is 5.59. The molecular weight excluding hydrogens is 382 g/mol. The Balaban J connectivity index is 1.47. The van der Waals surface area contributed by atoms with E-state index in [4.69, 9.17) is 9.88 Å². The first-order valence-electron chi connectivity index (χ1n) is 9.02. The third kappa shape index (κ3) is 4.36. The maximum atomic E-state index is 10.9. The van der Waals surface area contributed by atoms with Crippen LogP contribution in [0.15, 0.2) is 43.0 Å². The van der Waals surface area contributed by atoms with Gasteiger partial charge in [0.25, 0.3) is 0 Å². The Hall–Kier alpha value is -2.40. The third-order valence-electron chi connectivity index (χ3n) is 4.74. The van der Waals surface area contributed by atoms with Crippen molar-refractivity contribution in [1.82, 2.24) is 19.5 Å². The monoisotopic (exact) mass is 403 g/mol. The molecule has 2 atom stereocenters. The van der Waals surface area contributed by atoms with Crippen LogP contribution in [0.4, 0.5) is 0 Å². The molecular formula is C18H21N5O4S. The molecule has 0 unspecified atom stereocenters. The van der Waals surface area contributed by atoms with E-state index in [2.05, 4.69) is 31.3 Å². The van der Waals surface area contributed by atoms with E-state index < -0.39 is 10.3 Å². The van der Waals surface area contributed by atoms with Crippen molar-refractivity contribution in [2.45, 2.75) is 38.0 Å². The molecule has 10 heteroatoms. The number of rotatable bonds is 7. The quantitative estimate of drug-likeness (QED) is 0.634. The molecule has 9 nitrogen and oxygen atoms in total. The average Bonchev–Trinajstić information content (AvgIpc) is 3.32. The summed E-state index contributed by atoms with van der Waals surface area (Å²) in [5.41, 5.74) is 3.59. The Morgan fingerprint density at radius 2 is 1.96 bits per heavy atom. The van der Waals surface area contributed by atoms with E-state index in [1.54, 1.807) is 6.33 Å². The van der Waals surface area contributed by atoms with Crippen molar-refractivity contribution in [3.05, 3.63) is 54.2 Å². The second kappa shape index (κ2) is 7.92. The van der Waals surface area contributed by atoms with E-state index in [0.717, 1.165) is 24.1 Å². The van der Waals surface area contributed by atoms with Gasteiger partial charge in [-0.2, -0.15) is 8.42 Å². The number of fused-ring (bicyclic) bond motifs is 1. The maximum absolute atomic E-state index is 10.9. The predicted molar refractivity (Wildman–Crippen MR) is 101 cm³/mol. The van der Waals surface area contributed by atoms with Gasteiger partial charge >= 0.3 is 10.3 Å². The second-order valence-electron chi connectivity index (χ2n) is 6.70. The molecule has 1 aromatic carbocycles. The summed E-state index contributed by atoms with van der Waals surface area (Å²) in [4.78, 5) is 13.3. The highest BCUT2D eigenvalue weighted by molar-refractivity contribution is 7.84. The lowest BCUT2D eigenvalue weighted by Gasteiger charge is -2.15. The molecule has 0 spiro atoms. The Bertz CT molecular complexity index is 1050. The zero-order valence-corrected chi connectivity index (χ0v) is 16.0. The molecule has 1 fully saturated rings. The Kier molecular flexibility index (Phi) is 5.36. The maximum Gasteiger partial charge on any atom is 0.333 e. The Morgan fingerprint density at radius 1 is 1.14 bits per heavy atom. The first kappa shape index (κ1) is 18.9. The minimum atomic E-state index is -3.97. The topological polar surface area (TPSA) is 122 Å². The molecule has 0 aliphatic carbocycles. The van der Waals surface area contributed by atoms with E-state index in [9.17, 15) is 8.42 Å². The van der Waals surface area contributed by atoms with E-state index in [0.29, 0.717) is 18.5 Å². The minimum Gasteiger partial charge on any atom is -0.352 e. The highest BCUT2D eigenvalue weighted by atomic mass is 32.2. The van der Waals surface area contributed by atoms with Gasteiger partial charge in [-0.1, -0.05) is 30.3 Å². The van der Waals surface area contributed by atoms with Crippen LogP contribution >= 0.6 is 0 Å². The van der Waals surface area contributed by atoms with Crippen LogP contribution in [-0.4, -0.2) is 40.6 Å². The zero-order valence-electron chi connectivity index (χ0n) is 15.1. The molecule has 0 saturated carbocycles. The number of benzene rings is 1. The number of imidazole rings is 1. The summed E-state index contributed by atoms with van der Waals surface area (Å²) in [6, 6.07) is 10.2. The van der Waals surface area contributed by atoms with Gasteiger partial charge in [-0.05, 0) is 31.2 Å². The second-order valence-corrected chi connectivity index (χ2v) is 7.92. The van der Waals surface area contributed by atoms with Gasteiger partial charge in [0.1, 0.15) is 18.1 Å². The summed E-state index contributed by atoms with van der Waals surface area (Å²) in [5, 5.41) is 4.87. The largest absolute Gasteiger partial charge is 0.352 e. The smallest absolute Gasteiger partial charge is 0.333 e. The molecule has 2 aromatic heterocycles. The van der Waals surface area contributed by atoms with Crippen LogP contribution in [0.3, 0.4) is 0 Å². The number of ether oxygens (including phenoxy) is 1. The van der Waals surface area contributed by atoms with Crippen LogP contribution < -0.4 is 5.14 Å². The molecule has 0 bridgehead atoms.